The highest BCUT2D eigenvalue weighted by molar-refractivity contribution is 7.90. The molecular formula is C20H21NO7S2. The van der Waals surface area contributed by atoms with Crippen molar-refractivity contribution in [3.63, 3.8) is 0 Å². The molecule has 0 spiro atoms. The minimum Gasteiger partial charge on any atom is -0.482 e. The molecule has 0 saturated carbocycles. The maximum Gasteiger partial charge on any atom is 0.341 e. The van der Waals surface area contributed by atoms with Gasteiger partial charge in [-0.1, -0.05) is 12.1 Å². The standard InChI is InChI=1S/C20H21NO7S2/c1-3-26-20(23)16-12-8-9-30(24,25)10-15(12)29-19(16)21-18(22)17-11(2)27-13-6-4-5-7-14(13)28-17/h4-7,11,17H,3,8-10H2,1-2H3,(H,21,22). The molecule has 1 amide bonds. The van der Waals surface area contributed by atoms with Gasteiger partial charge in [0.15, 0.2) is 21.3 Å². The maximum atomic E-state index is 13.0. The predicted octanol–water partition coefficient (Wildman–Crippen LogP) is 2.56. The average Bonchev–Trinajstić information content (AvgIpc) is 3.03. The molecule has 2 unspecified atom stereocenters. The number of hydrogen-bond acceptors (Lipinski definition) is 8. The van der Waals surface area contributed by atoms with Crippen LogP contribution in [0.15, 0.2) is 24.3 Å². The van der Waals surface area contributed by atoms with Gasteiger partial charge in [0, 0.05) is 4.88 Å². The first kappa shape index (κ1) is 20.7. The molecule has 0 aliphatic carbocycles. The molecule has 3 heterocycles. The Balaban J connectivity index is 1.63. The lowest BCUT2D eigenvalue weighted by atomic mass is 10.1. The highest BCUT2D eigenvalue weighted by Gasteiger charge is 2.37. The summed E-state index contributed by atoms with van der Waals surface area (Å²) in [5.41, 5.74) is 0.854. The van der Waals surface area contributed by atoms with Crippen LogP contribution in [0.1, 0.15) is 34.6 Å². The summed E-state index contributed by atoms with van der Waals surface area (Å²) in [5.74, 6) is -0.241. The van der Waals surface area contributed by atoms with Crippen molar-refractivity contribution in [1.82, 2.24) is 0 Å². The van der Waals surface area contributed by atoms with Crippen molar-refractivity contribution < 1.29 is 32.2 Å². The van der Waals surface area contributed by atoms with Crippen LogP contribution >= 0.6 is 11.3 Å². The van der Waals surface area contributed by atoms with E-state index >= 15 is 0 Å². The van der Waals surface area contributed by atoms with Crippen LogP contribution in [0.3, 0.4) is 0 Å². The number of anilines is 1. The molecule has 1 aromatic carbocycles. The number of thiophene rings is 1. The van der Waals surface area contributed by atoms with Crippen LogP contribution < -0.4 is 14.8 Å². The van der Waals surface area contributed by atoms with Crippen molar-refractivity contribution in [2.45, 2.75) is 38.2 Å². The first-order valence-corrected chi connectivity index (χ1v) is 12.2. The summed E-state index contributed by atoms with van der Waals surface area (Å²) in [7, 11) is -3.23. The minimum absolute atomic E-state index is 0.0378. The van der Waals surface area contributed by atoms with Crippen molar-refractivity contribution in [1.29, 1.82) is 0 Å². The topological polar surface area (TPSA) is 108 Å². The Morgan fingerprint density at radius 1 is 1.23 bits per heavy atom. The zero-order chi connectivity index (χ0) is 21.5. The van der Waals surface area contributed by atoms with Crippen LogP contribution in [0, 0.1) is 0 Å². The number of nitrogens with one attached hydrogen (secondary N) is 1. The Labute approximate surface area is 178 Å². The SMILES string of the molecule is CCOC(=O)c1c(NC(=O)C2Oc3ccccc3OC2C)sc2c1CCS(=O)(=O)C2. The van der Waals surface area contributed by atoms with Crippen LogP contribution in [0.5, 0.6) is 11.5 Å². The second kappa shape index (κ2) is 7.92. The van der Waals surface area contributed by atoms with E-state index < -0.39 is 33.9 Å². The van der Waals surface area contributed by atoms with E-state index in [0.29, 0.717) is 21.9 Å². The molecular weight excluding hydrogens is 430 g/mol. The molecule has 0 bridgehead atoms. The predicted molar refractivity (Wildman–Crippen MR) is 111 cm³/mol. The van der Waals surface area contributed by atoms with Gasteiger partial charge >= 0.3 is 5.97 Å². The summed E-state index contributed by atoms with van der Waals surface area (Å²) >= 11 is 1.09. The lowest BCUT2D eigenvalue weighted by Crippen LogP contribution is -2.46. The second-order valence-electron chi connectivity index (χ2n) is 7.07. The molecule has 1 N–H and O–H groups in total. The second-order valence-corrected chi connectivity index (χ2v) is 10.4. The van der Waals surface area contributed by atoms with Crippen LogP contribution in [0.4, 0.5) is 5.00 Å². The summed E-state index contributed by atoms with van der Waals surface area (Å²) in [6, 6.07) is 7.05. The quantitative estimate of drug-likeness (QED) is 0.712. The molecule has 1 aromatic heterocycles. The lowest BCUT2D eigenvalue weighted by Gasteiger charge is -2.30. The fraction of sp³-hybridized carbons (Fsp3) is 0.400. The van der Waals surface area contributed by atoms with Gasteiger partial charge in [-0.05, 0) is 38.0 Å². The first-order chi connectivity index (χ1) is 14.3. The molecule has 0 saturated heterocycles. The monoisotopic (exact) mass is 451 g/mol. The number of carbonyl (C=O) groups excluding carboxylic acids is 2. The third-order valence-electron chi connectivity index (χ3n) is 4.92. The molecule has 2 aromatic rings. The van der Waals surface area contributed by atoms with Gasteiger partial charge in [0.1, 0.15) is 11.1 Å². The molecule has 2 aliphatic heterocycles. The highest BCUT2D eigenvalue weighted by Crippen LogP contribution is 2.39. The lowest BCUT2D eigenvalue weighted by molar-refractivity contribution is -0.127. The Morgan fingerprint density at radius 2 is 1.93 bits per heavy atom. The van der Waals surface area contributed by atoms with E-state index in [2.05, 4.69) is 5.32 Å². The maximum absolute atomic E-state index is 13.0. The molecule has 2 atom stereocenters. The fourth-order valence-electron chi connectivity index (χ4n) is 3.52. The summed E-state index contributed by atoms with van der Waals surface area (Å²) in [6.07, 6.45) is -1.27. The molecule has 4 rings (SSSR count). The molecule has 160 valence electrons. The van der Waals surface area contributed by atoms with Gasteiger partial charge in [0.05, 0.1) is 23.7 Å². The van der Waals surface area contributed by atoms with E-state index in [4.69, 9.17) is 14.2 Å². The highest BCUT2D eigenvalue weighted by atomic mass is 32.2. The zero-order valence-electron chi connectivity index (χ0n) is 16.5. The molecule has 8 nitrogen and oxygen atoms in total. The zero-order valence-corrected chi connectivity index (χ0v) is 18.1. The summed E-state index contributed by atoms with van der Waals surface area (Å²) < 4.78 is 40.8. The number of benzene rings is 1. The summed E-state index contributed by atoms with van der Waals surface area (Å²) in [4.78, 5) is 26.1. The van der Waals surface area contributed by atoms with E-state index in [1.165, 1.54) is 0 Å². The Hall–Kier alpha value is -2.59. The van der Waals surface area contributed by atoms with Gasteiger partial charge in [0.2, 0.25) is 6.10 Å². The first-order valence-electron chi connectivity index (χ1n) is 9.54. The van der Waals surface area contributed by atoms with E-state index in [-0.39, 0.29) is 35.1 Å². The largest absolute Gasteiger partial charge is 0.482 e. The molecule has 30 heavy (non-hydrogen) atoms. The van der Waals surface area contributed by atoms with Gasteiger partial charge in [-0.15, -0.1) is 11.3 Å². The van der Waals surface area contributed by atoms with E-state index in [1.807, 2.05) is 6.07 Å². The molecule has 10 heteroatoms. The minimum atomic E-state index is -3.23. The van der Waals surface area contributed by atoms with Crippen molar-refractivity contribution in [2.75, 3.05) is 17.7 Å². The van der Waals surface area contributed by atoms with Gasteiger partial charge < -0.3 is 19.5 Å². The van der Waals surface area contributed by atoms with E-state index in [1.54, 1.807) is 32.0 Å². The Morgan fingerprint density at radius 3 is 2.63 bits per heavy atom. The average molecular weight is 452 g/mol. The number of ether oxygens (including phenoxy) is 3. The number of rotatable bonds is 4. The number of amides is 1. The number of fused-ring (bicyclic) bond motifs is 2. The number of para-hydroxylation sites is 2. The van der Waals surface area contributed by atoms with E-state index in [9.17, 15) is 18.0 Å². The smallest absolute Gasteiger partial charge is 0.341 e. The number of esters is 1. The van der Waals surface area contributed by atoms with Crippen molar-refractivity contribution >= 4 is 38.1 Å². The van der Waals surface area contributed by atoms with Gasteiger partial charge in [-0.2, -0.15) is 0 Å². The summed E-state index contributed by atoms with van der Waals surface area (Å²) in [5, 5.41) is 3.02. The fourth-order valence-corrected chi connectivity index (χ4v) is 6.56. The number of hydrogen-bond donors (Lipinski definition) is 1. The number of carbonyl (C=O) groups is 2. The molecule has 0 radical (unpaired) electrons. The van der Waals surface area contributed by atoms with Crippen molar-refractivity contribution in [2.24, 2.45) is 0 Å². The molecule has 0 fully saturated rings. The van der Waals surface area contributed by atoms with Crippen molar-refractivity contribution in [3.8, 4) is 11.5 Å². The van der Waals surface area contributed by atoms with Crippen LogP contribution in [0.25, 0.3) is 0 Å². The van der Waals surface area contributed by atoms with Gasteiger partial charge in [-0.3, -0.25) is 4.79 Å². The third-order valence-corrected chi connectivity index (χ3v) is 7.81. The van der Waals surface area contributed by atoms with Gasteiger partial charge in [-0.25, -0.2) is 13.2 Å². The third kappa shape index (κ3) is 3.89. The van der Waals surface area contributed by atoms with Crippen molar-refractivity contribution in [3.05, 3.63) is 40.3 Å². The van der Waals surface area contributed by atoms with Gasteiger partial charge in [0.25, 0.3) is 5.91 Å². The Kier molecular flexibility index (Phi) is 5.46. The summed E-state index contributed by atoms with van der Waals surface area (Å²) in [6.45, 7) is 3.58. The Bertz CT molecular complexity index is 1110. The van der Waals surface area contributed by atoms with Crippen LogP contribution in [-0.2, 0) is 31.5 Å². The number of sulfone groups is 1. The van der Waals surface area contributed by atoms with Crippen LogP contribution in [0.2, 0.25) is 0 Å². The van der Waals surface area contributed by atoms with Crippen LogP contribution in [-0.4, -0.2) is 44.9 Å². The van der Waals surface area contributed by atoms with E-state index in [0.717, 1.165) is 11.3 Å². The molecule has 2 aliphatic rings. The normalized spacial score (nSPS) is 21.4.